The highest BCUT2D eigenvalue weighted by atomic mass is 19.3. The summed E-state index contributed by atoms with van der Waals surface area (Å²) in [7, 11) is 0. The van der Waals surface area contributed by atoms with E-state index in [1.807, 2.05) is 24.3 Å². The fourth-order valence-corrected chi connectivity index (χ4v) is 4.12. The Morgan fingerprint density at radius 3 is 2.76 bits per heavy atom. The Hall–Kier alpha value is -3.36. The number of hydrogen-bond donors (Lipinski definition) is 3. The standard InChI is InChI=1S/C24H27F2N5O2/c25-24(26)10-8-18(24)23(33)31-19(4-2-1-3-5-21(27)32)22-29-14-20(30-22)16-7-6-15-9-11-28-13-17(15)12-16/h6-7,9,11-14,18-19H,1-5,8,10H2,(H2,27,32)(H,29,30)(H,31,33)/t18?,19-/m0/s1. The molecule has 1 aromatic carbocycles. The predicted molar refractivity (Wildman–Crippen MR) is 120 cm³/mol. The maximum Gasteiger partial charge on any atom is 0.259 e. The molecule has 174 valence electrons. The summed E-state index contributed by atoms with van der Waals surface area (Å²) in [6, 6.07) is 7.34. The van der Waals surface area contributed by atoms with Crippen LogP contribution >= 0.6 is 0 Å². The molecule has 2 amide bonds. The average molecular weight is 456 g/mol. The molecule has 2 heterocycles. The van der Waals surface area contributed by atoms with E-state index in [0.717, 1.165) is 28.5 Å². The number of amides is 2. The van der Waals surface area contributed by atoms with Crippen molar-refractivity contribution in [3.63, 3.8) is 0 Å². The van der Waals surface area contributed by atoms with Gasteiger partial charge in [0.1, 0.15) is 11.7 Å². The van der Waals surface area contributed by atoms with Gasteiger partial charge in [0.15, 0.2) is 0 Å². The molecule has 33 heavy (non-hydrogen) atoms. The number of aromatic nitrogens is 3. The molecule has 4 N–H and O–H groups in total. The number of H-pyrrole nitrogens is 1. The minimum absolute atomic E-state index is 0.179. The van der Waals surface area contributed by atoms with Crippen molar-refractivity contribution >= 4 is 22.6 Å². The molecule has 0 aliphatic heterocycles. The van der Waals surface area contributed by atoms with E-state index in [0.29, 0.717) is 31.5 Å². The Balaban J connectivity index is 1.49. The van der Waals surface area contributed by atoms with Gasteiger partial charge in [0.25, 0.3) is 5.92 Å². The monoisotopic (exact) mass is 455 g/mol. The number of benzene rings is 1. The molecule has 2 aromatic heterocycles. The van der Waals surface area contributed by atoms with Gasteiger partial charge in [0.05, 0.1) is 17.9 Å². The molecular weight excluding hydrogens is 428 g/mol. The van der Waals surface area contributed by atoms with Crippen molar-refractivity contribution in [1.82, 2.24) is 20.3 Å². The summed E-state index contributed by atoms with van der Waals surface area (Å²) in [5, 5.41) is 4.82. The van der Waals surface area contributed by atoms with Gasteiger partial charge in [-0.15, -0.1) is 0 Å². The van der Waals surface area contributed by atoms with Crippen molar-refractivity contribution in [2.75, 3.05) is 0 Å². The van der Waals surface area contributed by atoms with Crippen LogP contribution in [0.2, 0.25) is 0 Å². The Kier molecular flexibility index (Phi) is 6.67. The molecule has 0 spiro atoms. The summed E-state index contributed by atoms with van der Waals surface area (Å²) in [6.45, 7) is 0. The molecule has 3 aromatic rings. The van der Waals surface area contributed by atoms with E-state index in [-0.39, 0.29) is 18.7 Å². The van der Waals surface area contributed by atoms with Crippen LogP contribution in [0.3, 0.4) is 0 Å². The summed E-state index contributed by atoms with van der Waals surface area (Å²) in [4.78, 5) is 35.3. The SMILES string of the molecule is NC(=O)CCCCC[C@H](NC(=O)C1CCC1(F)F)c1ncc(-c2ccc3ccncc3c2)[nH]1. The van der Waals surface area contributed by atoms with Crippen molar-refractivity contribution in [3.8, 4) is 11.3 Å². The molecule has 0 bridgehead atoms. The third-order valence-corrected chi connectivity index (χ3v) is 6.20. The molecule has 1 aliphatic rings. The minimum atomic E-state index is -2.95. The van der Waals surface area contributed by atoms with Crippen LogP contribution in [-0.4, -0.2) is 32.7 Å². The fourth-order valence-electron chi connectivity index (χ4n) is 4.12. The van der Waals surface area contributed by atoms with Crippen molar-refractivity contribution in [3.05, 3.63) is 48.7 Å². The van der Waals surface area contributed by atoms with Crippen LogP contribution in [0.15, 0.2) is 42.9 Å². The number of primary amides is 1. The summed E-state index contributed by atoms with van der Waals surface area (Å²) in [5.74, 6) is -4.74. The van der Waals surface area contributed by atoms with E-state index < -0.39 is 23.8 Å². The van der Waals surface area contributed by atoms with E-state index >= 15 is 0 Å². The number of aromatic amines is 1. The van der Waals surface area contributed by atoms with Gasteiger partial charge in [-0.1, -0.05) is 25.0 Å². The van der Waals surface area contributed by atoms with Crippen LogP contribution in [0.5, 0.6) is 0 Å². The van der Waals surface area contributed by atoms with Gasteiger partial charge in [-0.2, -0.15) is 0 Å². The molecule has 2 atom stereocenters. The number of nitrogens with two attached hydrogens (primary N) is 1. The molecule has 7 nitrogen and oxygen atoms in total. The van der Waals surface area contributed by atoms with Crippen LogP contribution in [0.25, 0.3) is 22.0 Å². The third kappa shape index (κ3) is 5.35. The largest absolute Gasteiger partial charge is 0.370 e. The minimum Gasteiger partial charge on any atom is -0.370 e. The number of alkyl halides is 2. The first-order valence-electron chi connectivity index (χ1n) is 11.2. The first-order valence-corrected chi connectivity index (χ1v) is 11.2. The van der Waals surface area contributed by atoms with E-state index in [4.69, 9.17) is 5.73 Å². The summed E-state index contributed by atoms with van der Waals surface area (Å²) in [6.07, 6.45) is 8.00. The summed E-state index contributed by atoms with van der Waals surface area (Å²) in [5.41, 5.74) is 6.85. The van der Waals surface area contributed by atoms with Crippen molar-refractivity contribution < 1.29 is 18.4 Å². The summed E-state index contributed by atoms with van der Waals surface area (Å²) < 4.78 is 27.5. The molecule has 1 unspecified atom stereocenters. The zero-order valence-electron chi connectivity index (χ0n) is 18.2. The number of pyridine rings is 1. The number of hydrogen-bond acceptors (Lipinski definition) is 4. The number of unbranched alkanes of at least 4 members (excludes halogenated alkanes) is 2. The molecule has 0 saturated heterocycles. The van der Waals surface area contributed by atoms with Crippen molar-refractivity contribution in [1.29, 1.82) is 0 Å². The molecule has 9 heteroatoms. The second-order valence-electron chi connectivity index (χ2n) is 8.60. The highest BCUT2D eigenvalue weighted by molar-refractivity contribution is 5.86. The number of halogens is 2. The lowest BCUT2D eigenvalue weighted by Crippen LogP contribution is -2.49. The van der Waals surface area contributed by atoms with Crippen LogP contribution in [0.1, 0.15) is 56.8 Å². The van der Waals surface area contributed by atoms with E-state index in [1.54, 1.807) is 18.6 Å². The molecule has 1 saturated carbocycles. The van der Waals surface area contributed by atoms with Crippen molar-refractivity contribution in [2.45, 2.75) is 56.9 Å². The maximum absolute atomic E-state index is 13.8. The molecular formula is C24H27F2N5O2. The normalized spacial score (nSPS) is 17.9. The third-order valence-electron chi connectivity index (χ3n) is 6.20. The van der Waals surface area contributed by atoms with Gasteiger partial charge in [-0.05, 0) is 36.8 Å². The van der Waals surface area contributed by atoms with E-state index in [2.05, 4.69) is 20.3 Å². The van der Waals surface area contributed by atoms with Crippen LogP contribution in [-0.2, 0) is 9.59 Å². The zero-order chi connectivity index (χ0) is 23.4. The molecule has 0 radical (unpaired) electrons. The van der Waals surface area contributed by atoms with Crippen LogP contribution in [0.4, 0.5) is 8.78 Å². The number of nitrogens with one attached hydrogen (secondary N) is 2. The van der Waals surface area contributed by atoms with E-state index in [1.165, 1.54) is 0 Å². The van der Waals surface area contributed by atoms with Gasteiger partial charge >= 0.3 is 0 Å². The van der Waals surface area contributed by atoms with E-state index in [9.17, 15) is 18.4 Å². The number of carbonyl (C=O) groups excluding carboxylic acids is 2. The lowest BCUT2D eigenvalue weighted by atomic mass is 9.80. The Morgan fingerprint density at radius 2 is 2.03 bits per heavy atom. The Morgan fingerprint density at radius 1 is 1.18 bits per heavy atom. The second kappa shape index (κ2) is 9.64. The highest BCUT2D eigenvalue weighted by Gasteiger charge is 2.52. The lowest BCUT2D eigenvalue weighted by molar-refractivity contribution is -0.163. The Bertz CT molecular complexity index is 1150. The molecule has 1 aliphatic carbocycles. The number of fused-ring (bicyclic) bond motifs is 1. The number of nitrogens with zero attached hydrogens (tertiary/aromatic N) is 2. The van der Waals surface area contributed by atoms with Crippen LogP contribution in [0, 0.1) is 5.92 Å². The number of carbonyl (C=O) groups is 2. The van der Waals surface area contributed by atoms with Gasteiger partial charge < -0.3 is 16.0 Å². The van der Waals surface area contributed by atoms with Gasteiger partial charge in [0, 0.05) is 36.2 Å². The molecule has 4 rings (SSSR count). The van der Waals surface area contributed by atoms with Gasteiger partial charge in [-0.25, -0.2) is 13.8 Å². The smallest absolute Gasteiger partial charge is 0.259 e. The number of rotatable bonds is 10. The maximum atomic E-state index is 13.8. The van der Waals surface area contributed by atoms with Gasteiger partial charge in [0.2, 0.25) is 11.8 Å². The second-order valence-corrected chi connectivity index (χ2v) is 8.60. The summed E-state index contributed by atoms with van der Waals surface area (Å²) >= 11 is 0. The fraction of sp³-hybridized carbons (Fsp3) is 0.417. The Labute approximate surface area is 190 Å². The predicted octanol–water partition coefficient (Wildman–Crippen LogP) is 4.26. The first kappa shape index (κ1) is 22.8. The van der Waals surface area contributed by atoms with Crippen molar-refractivity contribution in [2.24, 2.45) is 11.7 Å². The highest BCUT2D eigenvalue weighted by Crippen LogP contribution is 2.43. The van der Waals surface area contributed by atoms with Crippen LogP contribution < -0.4 is 11.1 Å². The van der Waals surface area contributed by atoms with Gasteiger partial charge in [-0.3, -0.25) is 14.6 Å². The first-order chi connectivity index (χ1) is 15.8. The average Bonchev–Trinajstić information content (AvgIpc) is 3.27. The molecule has 1 fully saturated rings. The zero-order valence-corrected chi connectivity index (χ0v) is 18.2. The number of imidazole rings is 1. The lowest BCUT2D eigenvalue weighted by Gasteiger charge is -2.35. The topological polar surface area (TPSA) is 114 Å². The quantitative estimate of drug-likeness (QED) is 0.396.